The summed E-state index contributed by atoms with van der Waals surface area (Å²) in [6, 6.07) is 19.2. The molecule has 0 fully saturated rings. The fourth-order valence-electron chi connectivity index (χ4n) is 2.73. The van der Waals surface area contributed by atoms with Gasteiger partial charge in [-0.25, -0.2) is 0 Å². The van der Waals surface area contributed by atoms with E-state index in [1.807, 2.05) is 11.8 Å². The zero-order chi connectivity index (χ0) is 12.8. The maximum absolute atomic E-state index is 5.48. The Bertz CT molecular complexity index is 792. The molecule has 1 heterocycles. The van der Waals surface area contributed by atoms with Crippen LogP contribution in [0.3, 0.4) is 0 Å². The second kappa shape index (κ2) is 4.04. The lowest BCUT2D eigenvalue weighted by Gasteiger charge is -2.21. The first-order chi connectivity index (χ1) is 9.38. The summed E-state index contributed by atoms with van der Waals surface area (Å²) in [5, 5.41) is 2.50. The first kappa shape index (κ1) is 10.9. The summed E-state index contributed by atoms with van der Waals surface area (Å²) in [4.78, 5) is 2.64. The summed E-state index contributed by atoms with van der Waals surface area (Å²) in [5.41, 5.74) is 2.62. The fraction of sp³-hybridized carbons (Fsp3) is 0.0588. The van der Waals surface area contributed by atoms with Gasteiger partial charge in [0.2, 0.25) is 0 Å². The highest BCUT2D eigenvalue weighted by Gasteiger charge is 2.19. The van der Waals surface area contributed by atoms with Crippen molar-refractivity contribution in [2.45, 2.75) is 9.79 Å². The van der Waals surface area contributed by atoms with Crippen molar-refractivity contribution in [2.75, 3.05) is 7.11 Å². The van der Waals surface area contributed by atoms with E-state index in [9.17, 15) is 0 Å². The quantitative estimate of drug-likeness (QED) is 0.479. The molecule has 0 atom stereocenters. The highest BCUT2D eigenvalue weighted by atomic mass is 32.2. The Kier molecular flexibility index (Phi) is 2.32. The van der Waals surface area contributed by atoms with Gasteiger partial charge in [0.05, 0.1) is 7.11 Å². The molecule has 0 saturated heterocycles. The van der Waals surface area contributed by atoms with Crippen LogP contribution < -0.4 is 4.74 Å². The average Bonchev–Trinajstić information content (AvgIpc) is 2.48. The van der Waals surface area contributed by atoms with Gasteiger partial charge in [-0.3, -0.25) is 0 Å². The zero-order valence-corrected chi connectivity index (χ0v) is 11.3. The van der Waals surface area contributed by atoms with E-state index in [4.69, 9.17) is 4.74 Å². The van der Waals surface area contributed by atoms with Crippen molar-refractivity contribution in [2.24, 2.45) is 0 Å². The van der Waals surface area contributed by atoms with Crippen molar-refractivity contribution in [3.05, 3.63) is 54.6 Å². The summed E-state index contributed by atoms with van der Waals surface area (Å²) >= 11 is 1.84. The van der Waals surface area contributed by atoms with Gasteiger partial charge in [-0.15, -0.1) is 0 Å². The normalized spacial score (nSPS) is 12.3. The molecule has 3 aromatic carbocycles. The van der Waals surface area contributed by atoms with Crippen LogP contribution in [0.25, 0.3) is 21.9 Å². The molecule has 4 rings (SSSR count). The van der Waals surface area contributed by atoms with E-state index in [-0.39, 0.29) is 0 Å². The van der Waals surface area contributed by atoms with E-state index in [1.165, 1.54) is 31.7 Å². The summed E-state index contributed by atoms with van der Waals surface area (Å²) in [7, 11) is 1.73. The highest BCUT2D eigenvalue weighted by Crippen LogP contribution is 2.49. The third-order valence-electron chi connectivity index (χ3n) is 3.58. The molecule has 0 spiro atoms. The predicted molar refractivity (Wildman–Crippen MR) is 80.1 cm³/mol. The molecule has 0 radical (unpaired) electrons. The van der Waals surface area contributed by atoms with Gasteiger partial charge in [-0.05, 0) is 29.3 Å². The van der Waals surface area contributed by atoms with E-state index in [0.717, 1.165) is 5.75 Å². The van der Waals surface area contributed by atoms with Crippen LogP contribution in [0.2, 0.25) is 0 Å². The van der Waals surface area contributed by atoms with Gasteiger partial charge in [0.15, 0.2) is 0 Å². The van der Waals surface area contributed by atoms with Crippen LogP contribution in [-0.4, -0.2) is 7.11 Å². The SMILES string of the molecule is COc1ccc2c3c(cccc13)-c1ccccc1S2. The second-order valence-electron chi connectivity index (χ2n) is 4.59. The third-order valence-corrected chi connectivity index (χ3v) is 4.72. The number of hydrogen-bond donors (Lipinski definition) is 0. The van der Waals surface area contributed by atoms with E-state index in [0.29, 0.717) is 0 Å². The predicted octanol–water partition coefficient (Wildman–Crippen LogP) is 4.98. The van der Waals surface area contributed by atoms with Gasteiger partial charge in [0, 0.05) is 20.6 Å². The van der Waals surface area contributed by atoms with E-state index >= 15 is 0 Å². The van der Waals surface area contributed by atoms with Crippen LogP contribution >= 0.6 is 11.8 Å². The maximum Gasteiger partial charge on any atom is 0.126 e. The minimum absolute atomic E-state index is 0.945. The highest BCUT2D eigenvalue weighted by molar-refractivity contribution is 7.99. The first-order valence-corrected chi connectivity index (χ1v) is 7.07. The van der Waals surface area contributed by atoms with Crippen molar-refractivity contribution >= 4 is 22.5 Å². The van der Waals surface area contributed by atoms with Crippen LogP contribution in [-0.2, 0) is 0 Å². The molecular weight excluding hydrogens is 252 g/mol. The standard InChI is InChI=1S/C17H12OS/c1-18-14-9-10-16-17-12(6-4-7-13(14)17)11-5-2-3-8-15(11)19-16/h2-10H,1H3. The van der Waals surface area contributed by atoms with Gasteiger partial charge < -0.3 is 4.74 Å². The molecule has 0 aromatic heterocycles. The van der Waals surface area contributed by atoms with Gasteiger partial charge in [0.1, 0.15) is 5.75 Å². The summed E-state index contributed by atoms with van der Waals surface area (Å²) in [6.45, 7) is 0. The molecule has 0 bridgehead atoms. The molecule has 1 aliphatic rings. The number of hydrogen-bond acceptors (Lipinski definition) is 2. The van der Waals surface area contributed by atoms with Crippen molar-refractivity contribution in [1.29, 1.82) is 0 Å². The Labute approximate surface area is 116 Å². The molecule has 0 saturated carbocycles. The Balaban J connectivity index is 2.17. The van der Waals surface area contributed by atoms with E-state index < -0.39 is 0 Å². The summed E-state index contributed by atoms with van der Waals surface area (Å²) < 4.78 is 5.48. The number of ether oxygens (including phenoxy) is 1. The molecule has 1 nitrogen and oxygen atoms in total. The Morgan fingerprint density at radius 2 is 1.63 bits per heavy atom. The second-order valence-corrected chi connectivity index (χ2v) is 5.68. The topological polar surface area (TPSA) is 9.23 Å². The number of rotatable bonds is 1. The molecule has 0 N–H and O–H groups in total. The Hall–Kier alpha value is -1.93. The smallest absolute Gasteiger partial charge is 0.126 e. The van der Waals surface area contributed by atoms with Crippen LogP contribution in [0.4, 0.5) is 0 Å². The van der Waals surface area contributed by atoms with Crippen molar-refractivity contribution in [3.8, 4) is 16.9 Å². The lowest BCUT2D eigenvalue weighted by molar-refractivity contribution is 0.419. The van der Waals surface area contributed by atoms with Crippen molar-refractivity contribution in [3.63, 3.8) is 0 Å². The minimum Gasteiger partial charge on any atom is -0.496 e. The fourth-order valence-corrected chi connectivity index (χ4v) is 3.86. The van der Waals surface area contributed by atoms with E-state index in [2.05, 4.69) is 54.6 Å². The molecule has 0 amide bonds. The number of methoxy groups -OCH3 is 1. The molecule has 0 unspecified atom stereocenters. The van der Waals surface area contributed by atoms with Crippen LogP contribution in [0.5, 0.6) is 5.75 Å². The molecule has 92 valence electrons. The molecule has 1 aliphatic heterocycles. The van der Waals surface area contributed by atoms with Crippen molar-refractivity contribution < 1.29 is 4.74 Å². The Morgan fingerprint density at radius 1 is 0.789 bits per heavy atom. The largest absolute Gasteiger partial charge is 0.496 e. The molecule has 2 heteroatoms. The average molecular weight is 264 g/mol. The monoisotopic (exact) mass is 264 g/mol. The minimum atomic E-state index is 0.945. The molecular formula is C17H12OS. The van der Waals surface area contributed by atoms with Gasteiger partial charge in [-0.1, -0.05) is 48.2 Å². The van der Waals surface area contributed by atoms with E-state index in [1.54, 1.807) is 7.11 Å². The number of fused-ring (bicyclic) bond motifs is 2. The first-order valence-electron chi connectivity index (χ1n) is 6.25. The number of benzene rings is 3. The maximum atomic E-state index is 5.48. The van der Waals surface area contributed by atoms with Gasteiger partial charge in [-0.2, -0.15) is 0 Å². The van der Waals surface area contributed by atoms with Crippen LogP contribution in [0.1, 0.15) is 0 Å². The van der Waals surface area contributed by atoms with Crippen LogP contribution in [0, 0.1) is 0 Å². The molecule has 19 heavy (non-hydrogen) atoms. The third kappa shape index (κ3) is 1.50. The van der Waals surface area contributed by atoms with Gasteiger partial charge >= 0.3 is 0 Å². The molecule has 0 aliphatic carbocycles. The summed E-state index contributed by atoms with van der Waals surface area (Å²) in [6.07, 6.45) is 0. The lowest BCUT2D eigenvalue weighted by atomic mass is 9.97. The summed E-state index contributed by atoms with van der Waals surface area (Å²) in [5.74, 6) is 0.945. The van der Waals surface area contributed by atoms with Crippen LogP contribution in [0.15, 0.2) is 64.4 Å². The molecule has 3 aromatic rings. The Morgan fingerprint density at radius 3 is 2.53 bits per heavy atom. The van der Waals surface area contributed by atoms with Crippen molar-refractivity contribution in [1.82, 2.24) is 0 Å². The lowest BCUT2D eigenvalue weighted by Crippen LogP contribution is -1.94. The van der Waals surface area contributed by atoms with Gasteiger partial charge in [0.25, 0.3) is 0 Å². The zero-order valence-electron chi connectivity index (χ0n) is 10.5.